The number of aromatic carboxylic acids is 1. The maximum atomic E-state index is 13.3. The number of hydrogen-bond acceptors (Lipinski definition) is 3. The molecule has 82 valence electrons. The maximum absolute atomic E-state index is 13.3. The Morgan fingerprint density at radius 1 is 1.44 bits per heavy atom. The van der Waals surface area contributed by atoms with Crippen LogP contribution in [0.3, 0.4) is 0 Å². The van der Waals surface area contributed by atoms with E-state index >= 15 is 0 Å². The molecule has 0 saturated carbocycles. The van der Waals surface area contributed by atoms with Gasteiger partial charge in [-0.05, 0) is 18.2 Å². The van der Waals surface area contributed by atoms with Crippen LogP contribution in [0.1, 0.15) is 10.5 Å². The van der Waals surface area contributed by atoms with E-state index in [4.69, 9.17) is 9.84 Å². The van der Waals surface area contributed by atoms with Gasteiger partial charge in [0.1, 0.15) is 5.75 Å². The molecule has 5 heteroatoms. The van der Waals surface area contributed by atoms with Crippen LogP contribution in [-0.4, -0.2) is 23.2 Å². The zero-order valence-electron chi connectivity index (χ0n) is 8.40. The summed E-state index contributed by atoms with van der Waals surface area (Å²) in [5.41, 5.74) is -0.195. The van der Waals surface area contributed by atoms with Crippen LogP contribution < -0.4 is 4.74 Å². The molecule has 0 bridgehead atoms. The van der Waals surface area contributed by atoms with Crippen molar-refractivity contribution in [1.82, 2.24) is 4.98 Å². The average Bonchev–Trinajstić information content (AvgIpc) is 2.27. The van der Waals surface area contributed by atoms with Gasteiger partial charge in [0.25, 0.3) is 0 Å². The van der Waals surface area contributed by atoms with Gasteiger partial charge in [0.05, 0.1) is 12.6 Å². The number of aromatic nitrogens is 1. The number of benzene rings is 1. The molecule has 1 N–H and O–H groups in total. The van der Waals surface area contributed by atoms with Crippen molar-refractivity contribution in [2.45, 2.75) is 0 Å². The van der Waals surface area contributed by atoms with Crippen molar-refractivity contribution in [1.29, 1.82) is 0 Å². The highest BCUT2D eigenvalue weighted by Crippen LogP contribution is 2.21. The van der Waals surface area contributed by atoms with Crippen LogP contribution in [-0.2, 0) is 0 Å². The van der Waals surface area contributed by atoms with Gasteiger partial charge < -0.3 is 9.84 Å². The zero-order chi connectivity index (χ0) is 11.7. The standard InChI is InChI=1S/C11H8FNO3/c1-16-7-3-2-6-4-8(12)10(11(14)15)13-9(6)5-7/h2-5H,1H3,(H,14,15). The molecule has 0 fully saturated rings. The molecular formula is C11H8FNO3. The van der Waals surface area contributed by atoms with E-state index in [1.807, 2.05) is 0 Å². The highest BCUT2D eigenvalue weighted by molar-refractivity contribution is 5.90. The Hall–Kier alpha value is -2.17. The lowest BCUT2D eigenvalue weighted by molar-refractivity contribution is 0.0685. The quantitative estimate of drug-likeness (QED) is 0.843. The van der Waals surface area contributed by atoms with Crippen LogP contribution in [0.2, 0.25) is 0 Å². The highest BCUT2D eigenvalue weighted by Gasteiger charge is 2.13. The van der Waals surface area contributed by atoms with Crippen molar-refractivity contribution in [2.24, 2.45) is 0 Å². The molecule has 0 aliphatic carbocycles. The fraction of sp³-hybridized carbons (Fsp3) is 0.0909. The van der Waals surface area contributed by atoms with Crippen molar-refractivity contribution in [2.75, 3.05) is 7.11 Å². The van der Waals surface area contributed by atoms with E-state index in [1.165, 1.54) is 7.11 Å². The Morgan fingerprint density at radius 2 is 2.19 bits per heavy atom. The molecule has 2 aromatic rings. The van der Waals surface area contributed by atoms with Gasteiger partial charge in [-0.1, -0.05) is 0 Å². The minimum Gasteiger partial charge on any atom is -0.497 e. The van der Waals surface area contributed by atoms with E-state index in [-0.39, 0.29) is 0 Å². The van der Waals surface area contributed by atoms with Gasteiger partial charge >= 0.3 is 5.97 Å². The number of fused-ring (bicyclic) bond motifs is 1. The number of carboxylic acids is 1. The third-order valence-corrected chi connectivity index (χ3v) is 2.18. The van der Waals surface area contributed by atoms with Crippen LogP contribution >= 0.6 is 0 Å². The van der Waals surface area contributed by atoms with Crippen LogP contribution in [0, 0.1) is 5.82 Å². The number of hydrogen-bond donors (Lipinski definition) is 1. The summed E-state index contributed by atoms with van der Waals surface area (Å²) in [6.45, 7) is 0. The number of pyridine rings is 1. The lowest BCUT2D eigenvalue weighted by atomic mass is 10.2. The summed E-state index contributed by atoms with van der Waals surface area (Å²) in [6, 6.07) is 5.98. The highest BCUT2D eigenvalue weighted by atomic mass is 19.1. The molecule has 0 radical (unpaired) electrons. The number of methoxy groups -OCH3 is 1. The maximum Gasteiger partial charge on any atom is 0.357 e. The molecule has 0 spiro atoms. The first-order valence-electron chi connectivity index (χ1n) is 4.49. The molecule has 2 rings (SSSR count). The fourth-order valence-corrected chi connectivity index (χ4v) is 1.40. The summed E-state index contributed by atoms with van der Waals surface area (Å²) >= 11 is 0. The second kappa shape index (κ2) is 3.77. The molecular weight excluding hydrogens is 213 g/mol. The summed E-state index contributed by atoms with van der Waals surface area (Å²) in [4.78, 5) is 14.4. The lowest BCUT2D eigenvalue weighted by Crippen LogP contribution is -2.04. The Kier molecular flexibility index (Phi) is 2.44. The van der Waals surface area contributed by atoms with Crippen molar-refractivity contribution in [3.8, 4) is 5.75 Å². The topological polar surface area (TPSA) is 59.4 Å². The van der Waals surface area contributed by atoms with Crippen LogP contribution in [0.5, 0.6) is 5.75 Å². The summed E-state index contributed by atoms with van der Waals surface area (Å²) in [5.74, 6) is -1.68. The Labute approximate surface area is 90.3 Å². The van der Waals surface area contributed by atoms with Crippen molar-refractivity contribution in [3.63, 3.8) is 0 Å². The molecule has 0 unspecified atom stereocenters. The Bertz CT molecular complexity index is 568. The summed E-state index contributed by atoms with van der Waals surface area (Å²) in [5, 5.41) is 9.25. The van der Waals surface area contributed by atoms with Gasteiger partial charge in [-0.15, -0.1) is 0 Å². The van der Waals surface area contributed by atoms with Crippen LogP contribution in [0.4, 0.5) is 4.39 Å². The van der Waals surface area contributed by atoms with E-state index in [2.05, 4.69) is 4.98 Å². The molecule has 0 aliphatic rings. The lowest BCUT2D eigenvalue weighted by Gasteiger charge is -2.03. The molecule has 16 heavy (non-hydrogen) atoms. The fourth-order valence-electron chi connectivity index (χ4n) is 1.40. The molecule has 0 saturated heterocycles. The first-order valence-corrected chi connectivity index (χ1v) is 4.49. The van der Waals surface area contributed by atoms with Gasteiger partial charge in [0.15, 0.2) is 11.5 Å². The molecule has 4 nitrogen and oxygen atoms in total. The van der Waals surface area contributed by atoms with Crippen molar-refractivity contribution in [3.05, 3.63) is 35.8 Å². The van der Waals surface area contributed by atoms with Crippen LogP contribution in [0.25, 0.3) is 10.9 Å². The van der Waals surface area contributed by atoms with E-state index in [9.17, 15) is 9.18 Å². The molecule has 0 amide bonds. The monoisotopic (exact) mass is 221 g/mol. The Morgan fingerprint density at radius 3 is 2.81 bits per heavy atom. The van der Waals surface area contributed by atoms with E-state index in [1.54, 1.807) is 18.2 Å². The second-order valence-electron chi connectivity index (χ2n) is 3.18. The van der Waals surface area contributed by atoms with E-state index in [0.29, 0.717) is 16.7 Å². The van der Waals surface area contributed by atoms with Gasteiger partial charge in [-0.3, -0.25) is 0 Å². The number of halogens is 1. The van der Waals surface area contributed by atoms with Crippen LogP contribution in [0.15, 0.2) is 24.3 Å². The third-order valence-electron chi connectivity index (χ3n) is 2.18. The number of carbonyl (C=O) groups is 1. The van der Waals surface area contributed by atoms with E-state index < -0.39 is 17.5 Å². The first kappa shape index (κ1) is 10.4. The number of ether oxygens (including phenoxy) is 1. The number of nitrogens with zero attached hydrogens (tertiary/aromatic N) is 1. The SMILES string of the molecule is COc1ccc2cc(F)c(C(=O)O)nc2c1. The summed E-state index contributed by atoms with van der Waals surface area (Å²) < 4.78 is 18.2. The predicted octanol–water partition coefficient (Wildman–Crippen LogP) is 2.08. The van der Waals surface area contributed by atoms with Gasteiger partial charge in [-0.25, -0.2) is 14.2 Å². The normalized spacial score (nSPS) is 10.4. The smallest absolute Gasteiger partial charge is 0.357 e. The predicted molar refractivity (Wildman–Crippen MR) is 55.2 cm³/mol. The number of carboxylic acid groups (broad SMARTS) is 1. The zero-order valence-corrected chi connectivity index (χ0v) is 8.40. The number of rotatable bonds is 2. The van der Waals surface area contributed by atoms with Gasteiger partial charge in [0.2, 0.25) is 0 Å². The average molecular weight is 221 g/mol. The minimum absolute atomic E-state index is 0.387. The minimum atomic E-state index is -1.39. The molecule has 1 heterocycles. The van der Waals surface area contributed by atoms with Crippen molar-refractivity contribution < 1.29 is 19.0 Å². The second-order valence-corrected chi connectivity index (χ2v) is 3.18. The largest absolute Gasteiger partial charge is 0.497 e. The molecule has 0 aliphatic heterocycles. The molecule has 0 atom stereocenters. The van der Waals surface area contributed by atoms with E-state index in [0.717, 1.165) is 6.07 Å². The summed E-state index contributed by atoms with van der Waals surface area (Å²) in [6.07, 6.45) is 0. The van der Waals surface area contributed by atoms with Gasteiger partial charge in [-0.2, -0.15) is 0 Å². The van der Waals surface area contributed by atoms with Crippen molar-refractivity contribution >= 4 is 16.9 Å². The third kappa shape index (κ3) is 1.67. The van der Waals surface area contributed by atoms with Gasteiger partial charge in [0, 0.05) is 11.5 Å². The first-order chi connectivity index (χ1) is 7.61. The summed E-state index contributed by atoms with van der Waals surface area (Å²) in [7, 11) is 1.49. The molecule has 1 aromatic carbocycles. The molecule has 1 aromatic heterocycles. The Balaban J connectivity index is 2.70.